The fraction of sp³-hybridized carbons (Fsp3) is 0.950. The molecule has 6 nitrogen and oxygen atoms in total. The summed E-state index contributed by atoms with van der Waals surface area (Å²) >= 11 is 0. The molecule has 0 saturated heterocycles. The average molecular weight is 934 g/mol. The Morgan fingerprint density at radius 3 is 0.742 bits per heavy atom. The molecular formula is C60H116O6. The lowest BCUT2D eigenvalue weighted by molar-refractivity contribution is -0.167. The third-order valence-corrected chi connectivity index (χ3v) is 13.7. The monoisotopic (exact) mass is 933 g/mol. The molecule has 392 valence electrons. The first-order valence-corrected chi connectivity index (χ1v) is 29.7. The van der Waals surface area contributed by atoms with Crippen molar-refractivity contribution in [1.82, 2.24) is 0 Å². The maximum atomic E-state index is 12.9. The summed E-state index contributed by atoms with van der Waals surface area (Å²) in [6.07, 6.45) is 56.8. The highest BCUT2D eigenvalue weighted by molar-refractivity contribution is 5.71. The van der Waals surface area contributed by atoms with E-state index in [9.17, 15) is 14.4 Å². The van der Waals surface area contributed by atoms with Crippen molar-refractivity contribution in [2.45, 2.75) is 343 Å². The zero-order valence-corrected chi connectivity index (χ0v) is 45.3. The van der Waals surface area contributed by atoms with Crippen molar-refractivity contribution < 1.29 is 28.6 Å². The number of carbonyl (C=O) groups excluding carboxylic acids is 3. The Hall–Kier alpha value is -1.59. The van der Waals surface area contributed by atoms with E-state index in [4.69, 9.17) is 14.2 Å². The van der Waals surface area contributed by atoms with Gasteiger partial charge in [-0.3, -0.25) is 14.4 Å². The van der Waals surface area contributed by atoms with Gasteiger partial charge < -0.3 is 14.2 Å². The Morgan fingerprint density at radius 1 is 0.288 bits per heavy atom. The Balaban J connectivity index is 4.21. The summed E-state index contributed by atoms with van der Waals surface area (Å²) in [5.74, 6) is 0.798. The van der Waals surface area contributed by atoms with Crippen LogP contribution in [0.25, 0.3) is 0 Å². The lowest BCUT2D eigenvalue weighted by Crippen LogP contribution is -2.30. The normalized spacial score (nSPS) is 12.0. The molecule has 0 saturated carbocycles. The van der Waals surface area contributed by atoms with Gasteiger partial charge in [0.15, 0.2) is 6.10 Å². The van der Waals surface area contributed by atoms with Crippen LogP contribution in [0.1, 0.15) is 336 Å². The topological polar surface area (TPSA) is 78.9 Å². The highest BCUT2D eigenvalue weighted by Crippen LogP contribution is 2.18. The Bertz CT molecular complexity index is 1010. The molecule has 0 rings (SSSR count). The third-order valence-electron chi connectivity index (χ3n) is 13.7. The van der Waals surface area contributed by atoms with E-state index in [1.54, 1.807) is 0 Å². The largest absolute Gasteiger partial charge is 0.462 e. The van der Waals surface area contributed by atoms with Crippen molar-refractivity contribution in [2.24, 2.45) is 11.8 Å². The maximum Gasteiger partial charge on any atom is 0.306 e. The SMILES string of the molecule is CCCCCCCCCCCCCCCCCCCC(=O)OC[C@@H](COC(=O)CCCCCCCCCC(C)C)OC(=O)CCCCCCCCCCCCCCCCCCCCC(C)C. The summed E-state index contributed by atoms with van der Waals surface area (Å²) in [5, 5.41) is 0. The third kappa shape index (κ3) is 53.4. The molecule has 6 heteroatoms. The first-order valence-electron chi connectivity index (χ1n) is 29.7. The van der Waals surface area contributed by atoms with Crippen molar-refractivity contribution >= 4 is 17.9 Å². The van der Waals surface area contributed by atoms with Gasteiger partial charge in [-0.25, -0.2) is 0 Å². The van der Waals surface area contributed by atoms with E-state index in [1.165, 1.54) is 225 Å². The second kappa shape index (κ2) is 52.8. The number of unbranched alkanes of at least 4 members (excludes halogenated alkanes) is 39. The lowest BCUT2D eigenvalue weighted by atomic mass is 10.0. The van der Waals surface area contributed by atoms with E-state index in [0.717, 1.165) is 69.6 Å². The Kier molecular flexibility index (Phi) is 51.5. The van der Waals surface area contributed by atoms with Crippen molar-refractivity contribution in [3.05, 3.63) is 0 Å². The summed E-state index contributed by atoms with van der Waals surface area (Å²) in [7, 11) is 0. The first kappa shape index (κ1) is 64.4. The number of hydrogen-bond donors (Lipinski definition) is 0. The van der Waals surface area contributed by atoms with Gasteiger partial charge in [-0.15, -0.1) is 0 Å². The van der Waals surface area contributed by atoms with Crippen LogP contribution in [0.4, 0.5) is 0 Å². The van der Waals surface area contributed by atoms with E-state index in [-0.39, 0.29) is 31.1 Å². The van der Waals surface area contributed by atoms with Gasteiger partial charge in [-0.05, 0) is 31.1 Å². The van der Waals surface area contributed by atoms with Gasteiger partial charge >= 0.3 is 17.9 Å². The predicted octanol–water partition coefficient (Wildman–Crippen LogP) is 19.7. The molecule has 1 atom stereocenters. The number of carbonyl (C=O) groups is 3. The quantitative estimate of drug-likeness (QED) is 0.0343. The first-order chi connectivity index (χ1) is 32.2. The summed E-state index contributed by atoms with van der Waals surface area (Å²) in [4.78, 5) is 38.1. The predicted molar refractivity (Wildman–Crippen MR) is 284 cm³/mol. The van der Waals surface area contributed by atoms with Gasteiger partial charge in [0.25, 0.3) is 0 Å². The molecule has 0 aromatic rings. The molecule has 66 heavy (non-hydrogen) atoms. The lowest BCUT2D eigenvalue weighted by Gasteiger charge is -2.18. The number of esters is 3. The van der Waals surface area contributed by atoms with Crippen molar-refractivity contribution in [3.63, 3.8) is 0 Å². The molecule has 0 N–H and O–H groups in total. The van der Waals surface area contributed by atoms with Crippen LogP contribution in [0.5, 0.6) is 0 Å². The maximum absolute atomic E-state index is 12.9. The summed E-state index contributed by atoms with van der Waals surface area (Å²) in [6, 6.07) is 0. The molecule has 0 spiro atoms. The standard InChI is InChI=1S/C60H116O6/c1-6-7-8-9-10-11-12-13-14-17-21-24-27-30-35-40-45-50-58(61)64-53-57(54-65-59(62)51-46-41-37-32-34-39-44-49-56(4)5)66-60(63)52-47-42-36-31-28-25-22-19-16-15-18-20-23-26-29-33-38-43-48-55(2)3/h55-57H,6-54H2,1-5H3/t57-/m0/s1. The van der Waals surface area contributed by atoms with Gasteiger partial charge in [-0.1, -0.05) is 298 Å². The zero-order valence-electron chi connectivity index (χ0n) is 45.3. The van der Waals surface area contributed by atoms with Gasteiger partial charge in [0.1, 0.15) is 13.2 Å². The van der Waals surface area contributed by atoms with Crippen LogP contribution < -0.4 is 0 Å². The van der Waals surface area contributed by atoms with Crippen LogP contribution >= 0.6 is 0 Å². The van der Waals surface area contributed by atoms with Crippen molar-refractivity contribution in [3.8, 4) is 0 Å². The average Bonchev–Trinajstić information content (AvgIpc) is 3.29. The van der Waals surface area contributed by atoms with Gasteiger partial charge in [0.2, 0.25) is 0 Å². The van der Waals surface area contributed by atoms with Crippen LogP contribution in [-0.2, 0) is 28.6 Å². The number of rotatable bonds is 54. The number of hydrogen-bond acceptors (Lipinski definition) is 6. The minimum absolute atomic E-state index is 0.0631. The van der Waals surface area contributed by atoms with Gasteiger partial charge in [0, 0.05) is 19.3 Å². The second-order valence-corrected chi connectivity index (χ2v) is 21.6. The molecule has 0 aliphatic heterocycles. The molecule has 0 aromatic heterocycles. The molecule has 0 heterocycles. The summed E-state index contributed by atoms with van der Waals surface area (Å²) in [6.45, 7) is 11.4. The van der Waals surface area contributed by atoms with Crippen LogP contribution in [0.2, 0.25) is 0 Å². The van der Waals surface area contributed by atoms with E-state index in [1.807, 2.05) is 0 Å². The number of ether oxygens (including phenoxy) is 3. The van der Waals surface area contributed by atoms with Gasteiger partial charge in [-0.2, -0.15) is 0 Å². The van der Waals surface area contributed by atoms with E-state index in [2.05, 4.69) is 34.6 Å². The molecule has 0 aliphatic carbocycles. The fourth-order valence-electron chi connectivity index (χ4n) is 9.23. The van der Waals surface area contributed by atoms with E-state index < -0.39 is 6.10 Å². The molecule has 0 amide bonds. The zero-order chi connectivity index (χ0) is 48.2. The van der Waals surface area contributed by atoms with Crippen molar-refractivity contribution in [2.75, 3.05) is 13.2 Å². The van der Waals surface area contributed by atoms with E-state index >= 15 is 0 Å². The van der Waals surface area contributed by atoms with Gasteiger partial charge in [0.05, 0.1) is 0 Å². The van der Waals surface area contributed by atoms with Crippen LogP contribution in [0.3, 0.4) is 0 Å². The molecular weight excluding hydrogens is 817 g/mol. The Labute approximate surface area is 412 Å². The minimum atomic E-state index is -0.763. The molecule has 0 fully saturated rings. The molecule has 0 aliphatic rings. The van der Waals surface area contributed by atoms with E-state index in [0.29, 0.717) is 19.3 Å². The Morgan fingerprint density at radius 2 is 0.500 bits per heavy atom. The van der Waals surface area contributed by atoms with Crippen molar-refractivity contribution in [1.29, 1.82) is 0 Å². The fourth-order valence-corrected chi connectivity index (χ4v) is 9.23. The highest BCUT2D eigenvalue weighted by atomic mass is 16.6. The highest BCUT2D eigenvalue weighted by Gasteiger charge is 2.19. The molecule has 0 radical (unpaired) electrons. The van der Waals surface area contributed by atoms with Crippen LogP contribution in [0.15, 0.2) is 0 Å². The summed E-state index contributed by atoms with van der Waals surface area (Å²) < 4.78 is 16.9. The smallest absolute Gasteiger partial charge is 0.306 e. The van der Waals surface area contributed by atoms with Crippen LogP contribution in [-0.4, -0.2) is 37.2 Å². The molecule has 0 aromatic carbocycles. The molecule has 0 unspecified atom stereocenters. The minimum Gasteiger partial charge on any atom is -0.462 e. The molecule has 0 bridgehead atoms. The second-order valence-electron chi connectivity index (χ2n) is 21.6. The van der Waals surface area contributed by atoms with Crippen LogP contribution in [0, 0.1) is 11.8 Å². The summed E-state index contributed by atoms with van der Waals surface area (Å²) in [5.41, 5.74) is 0.